The number of rotatable bonds is 4. The molecule has 0 radical (unpaired) electrons. The summed E-state index contributed by atoms with van der Waals surface area (Å²) in [5, 5.41) is 7.27. The summed E-state index contributed by atoms with van der Waals surface area (Å²) in [5.74, 6) is 2.28. The lowest BCUT2D eigenvalue weighted by Crippen LogP contribution is -2.48. The van der Waals surface area contributed by atoms with E-state index in [0.717, 1.165) is 22.6 Å². The lowest BCUT2D eigenvalue weighted by atomic mass is 9.73. The zero-order chi connectivity index (χ0) is 24.5. The van der Waals surface area contributed by atoms with Gasteiger partial charge in [0.05, 0.1) is 6.61 Å². The van der Waals surface area contributed by atoms with Gasteiger partial charge in [-0.25, -0.2) is 4.98 Å². The van der Waals surface area contributed by atoms with Gasteiger partial charge in [-0.15, -0.1) is 0 Å². The number of para-hydroxylation sites is 1. The molecule has 2 amide bonds. The third-order valence-electron chi connectivity index (χ3n) is 7.54. The summed E-state index contributed by atoms with van der Waals surface area (Å²) in [7, 11) is 0. The second-order valence-electron chi connectivity index (χ2n) is 9.94. The molecule has 36 heavy (non-hydrogen) atoms. The van der Waals surface area contributed by atoms with E-state index in [9.17, 15) is 9.59 Å². The molecule has 5 heterocycles. The van der Waals surface area contributed by atoms with Crippen molar-refractivity contribution in [3.05, 3.63) is 66.2 Å². The number of nitrogens with one attached hydrogen (secondary N) is 1. The van der Waals surface area contributed by atoms with E-state index in [2.05, 4.69) is 21.5 Å². The van der Waals surface area contributed by atoms with Crippen LogP contribution in [0.2, 0.25) is 0 Å². The summed E-state index contributed by atoms with van der Waals surface area (Å²) in [5.41, 5.74) is 1.69. The highest BCUT2D eigenvalue weighted by Gasteiger charge is 2.52. The third kappa shape index (κ3) is 4.29. The Morgan fingerprint density at radius 1 is 1.19 bits per heavy atom. The minimum absolute atomic E-state index is 0.00339. The first kappa shape index (κ1) is 22.6. The van der Waals surface area contributed by atoms with Gasteiger partial charge < -0.3 is 19.7 Å². The number of benzene rings is 2. The zero-order valence-corrected chi connectivity index (χ0v) is 20.1. The average Bonchev–Trinajstić information content (AvgIpc) is 3.55. The molecule has 9 heteroatoms. The van der Waals surface area contributed by atoms with Crippen LogP contribution < -0.4 is 14.8 Å². The number of aryl methyl sites for hydroxylation is 2. The molecule has 4 aliphatic heterocycles. The summed E-state index contributed by atoms with van der Waals surface area (Å²) in [6.07, 6.45) is 5.32. The fraction of sp³-hybridized carbons (Fsp3) is 0.407. The van der Waals surface area contributed by atoms with Crippen LogP contribution in [0.5, 0.6) is 17.2 Å². The van der Waals surface area contributed by atoms with Crippen LogP contribution >= 0.6 is 0 Å². The average molecular weight is 488 g/mol. The summed E-state index contributed by atoms with van der Waals surface area (Å²) in [6, 6.07) is 13.8. The number of carbonyl (C=O) groups excluding carboxylic acids is 2. The van der Waals surface area contributed by atoms with E-state index in [1.807, 2.05) is 41.3 Å². The van der Waals surface area contributed by atoms with Crippen molar-refractivity contribution < 1.29 is 19.1 Å². The van der Waals surface area contributed by atoms with Gasteiger partial charge in [0, 0.05) is 55.9 Å². The predicted octanol–water partition coefficient (Wildman–Crippen LogP) is 2.92. The molecule has 1 saturated heterocycles. The summed E-state index contributed by atoms with van der Waals surface area (Å²) in [4.78, 5) is 31.9. The number of fused-ring (bicyclic) bond motifs is 5. The Hall–Kier alpha value is -3.88. The van der Waals surface area contributed by atoms with Crippen LogP contribution in [0.4, 0.5) is 0 Å². The maximum absolute atomic E-state index is 13.2. The van der Waals surface area contributed by atoms with E-state index >= 15 is 0 Å². The van der Waals surface area contributed by atoms with Crippen LogP contribution in [0.1, 0.15) is 36.3 Å². The van der Waals surface area contributed by atoms with E-state index in [-0.39, 0.29) is 23.1 Å². The van der Waals surface area contributed by atoms with Gasteiger partial charge in [-0.05, 0) is 36.6 Å². The SMILES string of the molecule is O=C1CCc2cccc(c2)Oc2cccc3c2OC[C@]2(CN1)CN(C(=O)CCCn1cncn1)C[C@H]32. The number of amides is 2. The standard InChI is InChI=1S/C27H29N5O4/c33-24-10-9-19-4-1-5-20(12-19)36-23-7-2-6-21-22-13-31(15-27(22,14-29-24)16-35-26(21)23)25(34)8-3-11-32-18-28-17-30-32/h1-2,4-7,12,17-18,22H,3,8-11,13-16H2,(H,29,33)/t22-,27+/m1/s1. The number of ether oxygens (including phenoxy) is 2. The monoisotopic (exact) mass is 487 g/mol. The Kier molecular flexibility index (Phi) is 5.83. The van der Waals surface area contributed by atoms with E-state index in [4.69, 9.17) is 9.47 Å². The second kappa shape index (κ2) is 9.29. The number of nitrogens with zero attached hydrogens (tertiary/aromatic N) is 4. The maximum atomic E-state index is 13.2. The summed E-state index contributed by atoms with van der Waals surface area (Å²) >= 11 is 0. The van der Waals surface area contributed by atoms with Gasteiger partial charge >= 0.3 is 0 Å². The highest BCUT2D eigenvalue weighted by Crippen LogP contribution is 2.52. The first-order chi connectivity index (χ1) is 17.6. The molecule has 3 aromatic rings. The lowest BCUT2D eigenvalue weighted by Gasteiger charge is -2.39. The molecule has 0 saturated carbocycles. The van der Waals surface area contributed by atoms with Crippen molar-refractivity contribution >= 4 is 11.8 Å². The predicted molar refractivity (Wildman–Crippen MR) is 131 cm³/mol. The quantitative estimate of drug-likeness (QED) is 0.608. The molecular formula is C27H29N5O4. The van der Waals surface area contributed by atoms with Crippen molar-refractivity contribution in [2.24, 2.45) is 5.41 Å². The second-order valence-corrected chi connectivity index (χ2v) is 9.94. The zero-order valence-electron chi connectivity index (χ0n) is 20.1. The van der Waals surface area contributed by atoms with Crippen LogP contribution in [0.15, 0.2) is 55.1 Å². The molecule has 186 valence electrons. The number of carbonyl (C=O) groups is 2. The van der Waals surface area contributed by atoms with Crippen LogP contribution in [-0.4, -0.2) is 57.7 Å². The van der Waals surface area contributed by atoms with E-state index in [1.165, 1.54) is 6.33 Å². The van der Waals surface area contributed by atoms with Gasteiger partial charge in [0.15, 0.2) is 11.5 Å². The number of aromatic nitrogens is 3. The molecular weight excluding hydrogens is 458 g/mol. The molecule has 0 aliphatic carbocycles. The Balaban J connectivity index is 1.28. The Bertz CT molecular complexity index is 1280. The Labute approximate surface area is 209 Å². The molecule has 2 aromatic carbocycles. The normalized spacial score (nSPS) is 22.7. The molecule has 1 spiro atoms. The molecule has 2 atom stereocenters. The van der Waals surface area contributed by atoms with Crippen molar-refractivity contribution in [3.63, 3.8) is 0 Å². The van der Waals surface area contributed by atoms with Crippen LogP contribution in [0, 0.1) is 5.41 Å². The van der Waals surface area contributed by atoms with Gasteiger partial charge in [-0.3, -0.25) is 14.3 Å². The lowest BCUT2D eigenvalue weighted by molar-refractivity contribution is -0.130. The van der Waals surface area contributed by atoms with E-state index in [0.29, 0.717) is 64.2 Å². The van der Waals surface area contributed by atoms with Crippen molar-refractivity contribution in [3.8, 4) is 17.2 Å². The summed E-state index contributed by atoms with van der Waals surface area (Å²) in [6.45, 7) is 2.66. The number of hydrogen-bond acceptors (Lipinski definition) is 6. The summed E-state index contributed by atoms with van der Waals surface area (Å²) < 4.78 is 14.4. The Morgan fingerprint density at radius 3 is 3.00 bits per heavy atom. The maximum Gasteiger partial charge on any atom is 0.222 e. The Morgan fingerprint density at radius 2 is 2.11 bits per heavy atom. The van der Waals surface area contributed by atoms with Crippen molar-refractivity contribution in [1.82, 2.24) is 25.0 Å². The minimum atomic E-state index is -0.388. The smallest absolute Gasteiger partial charge is 0.222 e. The first-order valence-electron chi connectivity index (χ1n) is 12.5. The molecule has 1 aromatic heterocycles. The molecule has 7 rings (SSSR count). The molecule has 1 N–H and O–H groups in total. The molecule has 4 aliphatic rings. The van der Waals surface area contributed by atoms with E-state index < -0.39 is 0 Å². The highest BCUT2D eigenvalue weighted by molar-refractivity contribution is 5.78. The third-order valence-corrected chi connectivity index (χ3v) is 7.54. The fourth-order valence-corrected chi connectivity index (χ4v) is 5.63. The number of likely N-dealkylation sites (tertiary alicyclic amines) is 1. The number of hydrogen-bond donors (Lipinski definition) is 1. The highest BCUT2D eigenvalue weighted by atomic mass is 16.5. The van der Waals surface area contributed by atoms with Gasteiger partial charge in [0.2, 0.25) is 11.8 Å². The topological polar surface area (TPSA) is 98.6 Å². The van der Waals surface area contributed by atoms with Gasteiger partial charge in [0.1, 0.15) is 18.4 Å². The molecule has 0 unspecified atom stereocenters. The first-order valence-corrected chi connectivity index (χ1v) is 12.5. The van der Waals surface area contributed by atoms with Crippen molar-refractivity contribution in [1.29, 1.82) is 0 Å². The van der Waals surface area contributed by atoms with Crippen LogP contribution in [0.25, 0.3) is 0 Å². The van der Waals surface area contributed by atoms with Crippen molar-refractivity contribution in [2.75, 3.05) is 26.2 Å². The molecule has 1 fully saturated rings. The van der Waals surface area contributed by atoms with Crippen LogP contribution in [0.3, 0.4) is 0 Å². The minimum Gasteiger partial charge on any atom is -0.489 e. The molecule has 9 nitrogen and oxygen atoms in total. The van der Waals surface area contributed by atoms with Gasteiger partial charge in [-0.2, -0.15) is 5.10 Å². The van der Waals surface area contributed by atoms with Crippen LogP contribution in [-0.2, 0) is 22.6 Å². The fourth-order valence-electron chi connectivity index (χ4n) is 5.63. The van der Waals surface area contributed by atoms with Gasteiger partial charge in [-0.1, -0.05) is 24.3 Å². The largest absolute Gasteiger partial charge is 0.489 e. The molecule has 6 bridgehead atoms. The van der Waals surface area contributed by atoms with E-state index in [1.54, 1.807) is 11.0 Å². The van der Waals surface area contributed by atoms with Gasteiger partial charge in [0.25, 0.3) is 0 Å². The van der Waals surface area contributed by atoms with Crippen molar-refractivity contribution in [2.45, 2.75) is 38.1 Å².